The molecule has 2 N–H and O–H groups in total. The molecule has 0 amide bonds. The van der Waals surface area contributed by atoms with Gasteiger partial charge in [-0.25, -0.2) is 27.5 Å². The summed E-state index contributed by atoms with van der Waals surface area (Å²) in [5.41, 5.74) is 3.64. The average molecular weight is 638 g/mol. The number of esters is 1. The van der Waals surface area contributed by atoms with Crippen LogP contribution in [0.4, 0.5) is 14.5 Å². The van der Waals surface area contributed by atoms with Crippen molar-refractivity contribution in [1.82, 2.24) is 14.8 Å². The van der Waals surface area contributed by atoms with E-state index < -0.39 is 28.9 Å². The largest absolute Gasteiger partial charge is 0.461 e. The molecule has 1 saturated carbocycles. The van der Waals surface area contributed by atoms with Crippen LogP contribution in [0.25, 0.3) is 16.4 Å². The first-order chi connectivity index (χ1) is 18.7. The summed E-state index contributed by atoms with van der Waals surface area (Å²) in [4.78, 5) is 16.8. The van der Waals surface area contributed by atoms with Crippen molar-refractivity contribution in [3.63, 3.8) is 0 Å². The topological polar surface area (TPSA) is 106 Å². The normalized spacial score (nSPS) is 13.9. The SMILES string of the molecule is CCOC(=O)c1csc(-n2nc(-c3ccc(F)c(Br)c3)c(Cc3ccc(NS(=O)O)c(F)c3)c2CC2CC2)n1. The second-order valence-corrected chi connectivity index (χ2v) is 11.4. The number of thiazole rings is 1. The minimum absolute atomic E-state index is 0.0922. The zero-order chi connectivity index (χ0) is 27.7. The number of carbonyl (C=O) groups is 1. The lowest BCUT2D eigenvalue weighted by atomic mass is 9.96. The van der Waals surface area contributed by atoms with Crippen molar-refractivity contribution in [3.05, 3.63) is 80.4 Å². The van der Waals surface area contributed by atoms with Gasteiger partial charge in [0.1, 0.15) is 11.6 Å². The fourth-order valence-corrected chi connectivity index (χ4v) is 5.72. The number of carbonyl (C=O) groups excluding carboxylic acids is 1. The van der Waals surface area contributed by atoms with Crippen LogP contribution in [0.2, 0.25) is 0 Å². The third-order valence-electron chi connectivity index (χ3n) is 6.23. The van der Waals surface area contributed by atoms with Crippen molar-refractivity contribution in [2.24, 2.45) is 5.92 Å². The van der Waals surface area contributed by atoms with E-state index in [1.807, 2.05) is 0 Å². The van der Waals surface area contributed by atoms with Gasteiger partial charge in [0.25, 0.3) is 11.3 Å². The van der Waals surface area contributed by atoms with Gasteiger partial charge in [-0.2, -0.15) is 5.10 Å². The summed E-state index contributed by atoms with van der Waals surface area (Å²) < 4.78 is 58.2. The molecule has 1 fully saturated rings. The van der Waals surface area contributed by atoms with Gasteiger partial charge in [0, 0.05) is 22.9 Å². The van der Waals surface area contributed by atoms with Crippen molar-refractivity contribution in [2.45, 2.75) is 32.6 Å². The number of halogens is 3. The molecule has 0 bridgehead atoms. The number of anilines is 1. The van der Waals surface area contributed by atoms with Gasteiger partial charge in [0.15, 0.2) is 5.69 Å². The van der Waals surface area contributed by atoms with Crippen molar-refractivity contribution >= 4 is 50.2 Å². The highest BCUT2D eigenvalue weighted by molar-refractivity contribution is 9.10. The Morgan fingerprint density at radius 3 is 2.72 bits per heavy atom. The molecule has 1 aliphatic carbocycles. The van der Waals surface area contributed by atoms with E-state index in [-0.39, 0.29) is 22.5 Å². The highest BCUT2D eigenvalue weighted by Gasteiger charge is 2.29. The summed E-state index contributed by atoms with van der Waals surface area (Å²) >= 11 is 2.10. The third-order valence-corrected chi connectivity index (χ3v) is 8.05. The van der Waals surface area contributed by atoms with E-state index in [1.54, 1.807) is 35.2 Å². The molecule has 8 nitrogen and oxygen atoms in total. The van der Waals surface area contributed by atoms with E-state index in [1.165, 1.54) is 29.5 Å². The van der Waals surface area contributed by atoms with Gasteiger partial charge in [0.05, 0.1) is 28.2 Å². The van der Waals surface area contributed by atoms with Gasteiger partial charge < -0.3 is 4.74 Å². The lowest BCUT2D eigenvalue weighted by molar-refractivity contribution is 0.0520. The minimum Gasteiger partial charge on any atom is -0.461 e. The number of ether oxygens (including phenoxy) is 1. The maximum Gasteiger partial charge on any atom is 0.357 e. The second-order valence-electron chi connectivity index (χ2n) is 9.04. The Kier molecular flexibility index (Phi) is 8.21. The number of hydrogen-bond acceptors (Lipinski definition) is 6. The van der Waals surface area contributed by atoms with Crippen LogP contribution in [0.1, 0.15) is 47.1 Å². The van der Waals surface area contributed by atoms with Crippen molar-refractivity contribution in [1.29, 1.82) is 0 Å². The molecule has 2 aromatic heterocycles. The maximum atomic E-state index is 14.7. The van der Waals surface area contributed by atoms with E-state index >= 15 is 0 Å². The Bertz CT molecular complexity index is 1570. The van der Waals surface area contributed by atoms with Crippen LogP contribution < -0.4 is 4.72 Å². The zero-order valence-electron chi connectivity index (χ0n) is 20.6. The quantitative estimate of drug-likeness (QED) is 0.156. The van der Waals surface area contributed by atoms with Crippen molar-refractivity contribution < 1.29 is 27.1 Å². The second kappa shape index (κ2) is 11.6. The lowest BCUT2D eigenvalue weighted by Gasteiger charge is -2.10. The number of nitrogens with one attached hydrogen (secondary N) is 1. The molecule has 13 heteroatoms. The summed E-state index contributed by atoms with van der Waals surface area (Å²) in [5, 5.41) is 6.99. The Morgan fingerprint density at radius 1 is 1.26 bits per heavy atom. The van der Waals surface area contributed by atoms with Gasteiger partial charge in [0.2, 0.25) is 5.13 Å². The van der Waals surface area contributed by atoms with Crippen LogP contribution in [0, 0.1) is 17.6 Å². The number of aromatic nitrogens is 3. The van der Waals surface area contributed by atoms with Crippen LogP contribution in [0.3, 0.4) is 0 Å². The van der Waals surface area contributed by atoms with E-state index in [4.69, 9.17) is 14.4 Å². The van der Waals surface area contributed by atoms with Crippen LogP contribution in [-0.2, 0) is 28.8 Å². The van der Waals surface area contributed by atoms with E-state index in [2.05, 4.69) is 25.6 Å². The summed E-state index contributed by atoms with van der Waals surface area (Å²) in [5.74, 6) is -1.15. The fraction of sp³-hybridized carbons (Fsp3) is 0.269. The van der Waals surface area contributed by atoms with Crippen LogP contribution >= 0.6 is 27.3 Å². The monoisotopic (exact) mass is 636 g/mol. The van der Waals surface area contributed by atoms with Gasteiger partial charge in [-0.05, 0) is 83.9 Å². The molecule has 5 rings (SSSR count). The number of hydrogen-bond donors (Lipinski definition) is 2. The van der Waals surface area contributed by atoms with Crippen molar-refractivity contribution in [2.75, 3.05) is 11.3 Å². The standard InChI is InChI=1S/C26H23BrF2N4O4S2/c1-2-37-25(34)22-13-38-26(30-22)33-23(11-14-3-4-14)17(24(31-33)16-6-7-19(28)18(27)12-16)9-15-5-8-21(20(29)10-15)32-39(35)36/h5-8,10,12-14,32H,2-4,9,11H2,1H3,(H,35,36). The Hall–Kier alpha value is -3.00. The predicted molar refractivity (Wildman–Crippen MR) is 148 cm³/mol. The smallest absolute Gasteiger partial charge is 0.357 e. The first-order valence-electron chi connectivity index (χ1n) is 12.1. The molecule has 1 atom stereocenters. The molecular formula is C26H23BrF2N4O4S2. The molecule has 1 unspecified atom stereocenters. The number of rotatable bonds is 10. The molecule has 2 heterocycles. The first-order valence-corrected chi connectivity index (χ1v) is 14.9. The zero-order valence-corrected chi connectivity index (χ0v) is 23.8. The predicted octanol–water partition coefficient (Wildman–Crippen LogP) is 6.31. The molecule has 0 aliphatic heterocycles. The molecule has 1 aliphatic rings. The molecule has 204 valence electrons. The van der Waals surface area contributed by atoms with Crippen LogP contribution in [-0.4, -0.2) is 36.1 Å². The molecule has 4 aromatic rings. The lowest BCUT2D eigenvalue weighted by Crippen LogP contribution is -2.08. The van der Waals surface area contributed by atoms with Crippen LogP contribution in [0.5, 0.6) is 0 Å². The van der Waals surface area contributed by atoms with Crippen molar-refractivity contribution in [3.8, 4) is 16.4 Å². The fourth-order valence-electron chi connectivity index (χ4n) is 4.22. The van der Waals surface area contributed by atoms with E-state index in [0.717, 1.165) is 24.1 Å². The molecular weight excluding hydrogens is 614 g/mol. The Balaban J connectivity index is 1.63. The summed E-state index contributed by atoms with van der Waals surface area (Å²) in [6, 6.07) is 9.00. The molecule has 39 heavy (non-hydrogen) atoms. The maximum absolute atomic E-state index is 14.7. The molecule has 0 radical (unpaired) electrons. The Morgan fingerprint density at radius 2 is 2.05 bits per heavy atom. The van der Waals surface area contributed by atoms with Gasteiger partial charge >= 0.3 is 5.97 Å². The summed E-state index contributed by atoms with van der Waals surface area (Å²) in [7, 11) is 0. The first kappa shape index (κ1) is 27.6. The number of nitrogens with zero attached hydrogens (tertiary/aromatic N) is 3. The number of benzene rings is 2. The highest BCUT2D eigenvalue weighted by atomic mass is 79.9. The summed E-state index contributed by atoms with van der Waals surface area (Å²) in [6.07, 6.45) is 3.13. The third kappa shape index (κ3) is 6.26. The van der Waals surface area contributed by atoms with Crippen LogP contribution in [0.15, 0.2) is 46.3 Å². The van der Waals surface area contributed by atoms with E-state index in [0.29, 0.717) is 40.7 Å². The van der Waals surface area contributed by atoms with Gasteiger partial charge in [-0.1, -0.05) is 6.07 Å². The average Bonchev–Trinajstić information content (AvgIpc) is 3.45. The van der Waals surface area contributed by atoms with Gasteiger partial charge in [-0.3, -0.25) is 9.27 Å². The molecule has 2 aromatic carbocycles. The highest BCUT2D eigenvalue weighted by Crippen LogP contribution is 2.39. The van der Waals surface area contributed by atoms with Gasteiger partial charge in [-0.15, -0.1) is 11.3 Å². The Labute approximate surface area is 238 Å². The summed E-state index contributed by atoms with van der Waals surface area (Å²) in [6.45, 7) is 1.95. The molecule has 0 saturated heterocycles. The minimum atomic E-state index is -2.41. The van der Waals surface area contributed by atoms with E-state index in [9.17, 15) is 17.8 Å². The molecule has 0 spiro atoms.